The molecule has 2 saturated heterocycles. The highest BCUT2D eigenvalue weighted by atomic mass is 32.2. The minimum absolute atomic E-state index is 0.0519. The predicted molar refractivity (Wildman–Crippen MR) is 121 cm³/mol. The van der Waals surface area contributed by atoms with Gasteiger partial charge in [0.05, 0.1) is 24.7 Å². The second-order valence-electron chi connectivity index (χ2n) is 8.28. The first-order valence-corrected chi connectivity index (χ1v) is 12.6. The van der Waals surface area contributed by atoms with Crippen LogP contribution in [0.2, 0.25) is 0 Å². The summed E-state index contributed by atoms with van der Waals surface area (Å²) in [6.45, 7) is 4.20. The summed E-state index contributed by atoms with van der Waals surface area (Å²) in [5.41, 5.74) is 1.68. The normalized spacial score (nSPS) is 18.6. The zero-order valence-corrected chi connectivity index (χ0v) is 19.0. The lowest BCUT2D eigenvalue weighted by Crippen LogP contribution is -2.40. The summed E-state index contributed by atoms with van der Waals surface area (Å²) in [6, 6.07) is 16.4. The predicted octanol–water partition coefficient (Wildman–Crippen LogP) is 2.78. The molecule has 0 bridgehead atoms. The molecule has 4 rings (SSSR count). The summed E-state index contributed by atoms with van der Waals surface area (Å²) in [5, 5.41) is 0. The third-order valence-corrected chi connectivity index (χ3v) is 7.99. The van der Waals surface area contributed by atoms with E-state index < -0.39 is 10.0 Å². The van der Waals surface area contributed by atoms with Gasteiger partial charge in [0.2, 0.25) is 10.0 Å². The van der Waals surface area contributed by atoms with Gasteiger partial charge in [-0.1, -0.05) is 30.3 Å². The Kier molecular flexibility index (Phi) is 7.57. The van der Waals surface area contributed by atoms with Crippen LogP contribution in [0.4, 0.5) is 0 Å². The number of ether oxygens (including phenoxy) is 2. The number of carbonyl (C=O) groups is 1. The average molecular weight is 459 g/mol. The summed E-state index contributed by atoms with van der Waals surface area (Å²) >= 11 is 0. The van der Waals surface area contributed by atoms with Gasteiger partial charge in [0, 0.05) is 38.3 Å². The molecule has 2 aliphatic rings. The SMILES string of the molecule is O=C(c1ccc(S(=O)(=O)N2CCOCC2)cc1)N1CCC(COCc2ccccc2)CC1. The Morgan fingerprint density at radius 3 is 2.25 bits per heavy atom. The van der Waals surface area contributed by atoms with E-state index in [9.17, 15) is 13.2 Å². The van der Waals surface area contributed by atoms with Crippen LogP contribution in [-0.4, -0.2) is 69.5 Å². The van der Waals surface area contributed by atoms with E-state index >= 15 is 0 Å². The van der Waals surface area contributed by atoms with E-state index in [1.807, 2.05) is 23.1 Å². The van der Waals surface area contributed by atoms with Gasteiger partial charge in [-0.3, -0.25) is 4.79 Å². The van der Waals surface area contributed by atoms with E-state index in [0.717, 1.165) is 12.8 Å². The monoisotopic (exact) mass is 458 g/mol. The van der Waals surface area contributed by atoms with Gasteiger partial charge in [-0.15, -0.1) is 0 Å². The first kappa shape index (κ1) is 22.9. The molecule has 0 spiro atoms. The number of morpholine rings is 1. The molecular formula is C24H30N2O5S. The average Bonchev–Trinajstić information content (AvgIpc) is 2.85. The second kappa shape index (κ2) is 10.6. The van der Waals surface area contributed by atoms with E-state index in [1.54, 1.807) is 12.1 Å². The van der Waals surface area contributed by atoms with Crippen LogP contribution >= 0.6 is 0 Å². The molecule has 8 heteroatoms. The van der Waals surface area contributed by atoms with Crippen LogP contribution in [-0.2, 0) is 26.1 Å². The summed E-state index contributed by atoms with van der Waals surface area (Å²) < 4.78 is 38.0. The van der Waals surface area contributed by atoms with Gasteiger partial charge in [0.1, 0.15) is 0 Å². The number of hydrogen-bond acceptors (Lipinski definition) is 5. The van der Waals surface area contributed by atoms with Crippen molar-refractivity contribution in [3.63, 3.8) is 0 Å². The topological polar surface area (TPSA) is 76.2 Å². The first-order chi connectivity index (χ1) is 15.5. The number of carbonyl (C=O) groups excluding carboxylic acids is 1. The maximum Gasteiger partial charge on any atom is 0.253 e. The molecule has 2 aromatic carbocycles. The molecule has 0 unspecified atom stereocenters. The lowest BCUT2D eigenvalue weighted by molar-refractivity contribution is 0.0478. The van der Waals surface area contributed by atoms with Gasteiger partial charge in [-0.2, -0.15) is 4.31 Å². The fraction of sp³-hybridized carbons (Fsp3) is 0.458. The van der Waals surface area contributed by atoms with Crippen LogP contribution < -0.4 is 0 Å². The van der Waals surface area contributed by atoms with E-state index in [1.165, 1.54) is 22.0 Å². The quantitative estimate of drug-likeness (QED) is 0.638. The van der Waals surface area contributed by atoms with Gasteiger partial charge in [-0.05, 0) is 48.6 Å². The Hall–Kier alpha value is -2.26. The number of nitrogens with zero attached hydrogens (tertiary/aromatic N) is 2. The summed E-state index contributed by atoms with van der Waals surface area (Å²) in [5.74, 6) is 0.396. The zero-order valence-electron chi connectivity index (χ0n) is 18.2. The highest BCUT2D eigenvalue weighted by molar-refractivity contribution is 7.89. The molecule has 0 N–H and O–H groups in total. The van der Waals surface area contributed by atoms with Crippen molar-refractivity contribution >= 4 is 15.9 Å². The van der Waals surface area contributed by atoms with Gasteiger partial charge >= 0.3 is 0 Å². The number of sulfonamides is 1. The minimum atomic E-state index is -3.55. The number of likely N-dealkylation sites (tertiary alicyclic amines) is 1. The number of benzene rings is 2. The summed E-state index contributed by atoms with van der Waals surface area (Å²) in [7, 11) is -3.55. The third-order valence-electron chi connectivity index (χ3n) is 6.08. The molecule has 0 aliphatic carbocycles. The molecule has 32 heavy (non-hydrogen) atoms. The number of rotatable bonds is 7. The Labute approximate surface area is 190 Å². The minimum Gasteiger partial charge on any atom is -0.379 e. The molecular weight excluding hydrogens is 428 g/mol. The maximum absolute atomic E-state index is 12.9. The number of piperidine rings is 1. The molecule has 0 atom stereocenters. The molecule has 0 saturated carbocycles. The van der Waals surface area contributed by atoms with Crippen LogP contribution in [0, 0.1) is 5.92 Å². The van der Waals surface area contributed by atoms with E-state index in [4.69, 9.17) is 9.47 Å². The molecule has 172 valence electrons. The highest BCUT2D eigenvalue weighted by Gasteiger charge is 2.27. The standard InChI is InChI=1S/C24H30N2O5S/c27-24(22-6-8-23(9-7-22)32(28,29)26-14-16-30-17-15-26)25-12-10-21(11-13-25)19-31-18-20-4-2-1-3-5-20/h1-9,21H,10-19H2. The Morgan fingerprint density at radius 1 is 0.938 bits per heavy atom. The Morgan fingerprint density at radius 2 is 1.59 bits per heavy atom. The van der Waals surface area contributed by atoms with Crippen molar-refractivity contribution in [2.24, 2.45) is 5.92 Å². The first-order valence-electron chi connectivity index (χ1n) is 11.1. The fourth-order valence-corrected chi connectivity index (χ4v) is 5.52. The van der Waals surface area contributed by atoms with Gasteiger partial charge < -0.3 is 14.4 Å². The smallest absolute Gasteiger partial charge is 0.253 e. The van der Waals surface area contributed by atoms with Crippen molar-refractivity contribution in [2.45, 2.75) is 24.3 Å². The molecule has 1 amide bonds. The fourth-order valence-electron chi connectivity index (χ4n) is 4.11. The second-order valence-corrected chi connectivity index (χ2v) is 10.2. The van der Waals surface area contributed by atoms with Crippen molar-refractivity contribution in [3.05, 3.63) is 65.7 Å². The molecule has 0 radical (unpaired) electrons. The molecule has 2 aliphatic heterocycles. The Balaban J connectivity index is 1.26. The third kappa shape index (κ3) is 5.56. The molecule has 0 aromatic heterocycles. The van der Waals surface area contributed by atoms with Crippen molar-refractivity contribution < 1.29 is 22.7 Å². The van der Waals surface area contributed by atoms with Crippen molar-refractivity contribution in [3.8, 4) is 0 Å². The summed E-state index contributed by atoms with van der Waals surface area (Å²) in [6.07, 6.45) is 1.81. The molecule has 2 aromatic rings. The van der Waals surface area contributed by atoms with Gasteiger partial charge in [0.25, 0.3) is 5.91 Å². The van der Waals surface area contributed by atoms with Crippen LogP contribution in [0.3, 0.4) is 0 Å². The zero-order chi connectivity index (χ0) is 22.4. The maximum atomic E-state index is 12.9. The molecule has 2 heterocycles. The Bertz CT molecular complexity index is 981. The molecule has 7 nitrogen and oxygen atoms in total. The van der Waals surface area contributed by atoms with Crippen LogP contribution in [0.5, 0.6) is 0 Å². The van der Waals surface area contributed by atoms with Gasteiger partial charge in [0.15, 0.2) is 0 Å². The van der Waals surface area contributed by atoms with E-state index in [2.05, 4.69) is 12.1 Å². The van der Waals surface area contributed by atoms with Crippen LogP contribution in [0.15, 0.2) is 59.5 Å². The number of hydrogen-bond donors (Lipinski definition) is 0. The van der Waals surface area contributed by atoms with Crippen LogP contribution in [0.1, 0.15) is 28.8 Å². The number of amides is 1. The lowest BCUT2D eigenvalue weighted by atomic mass is 9.97. The van der Waals surface area contributed by atoms with E-state index in [0.29, 0.717) is 64.1 Å². The van der Waals surface area contributed by atoms with Crippen molar-refractivity contribution in [1.82, 2.24) is 9.21 Å². The largest absolute Gasteiger partial charge is 0.379 e. The van der Waals surface area contributed by atoms with Crippen molar-refractivity contribution in [1.29, 1.82) is 0 Å². The van der Waals surface area contributed by atoms with Crippen molar-refractivity contribution in [2.75, 3.05) is 46.0 Å². The molecule has 2 fully saturated rings. The summed E-state index contributed by atoms with van der Waals surface area (Å²) in [4.78, 5) is 14.9. The lowest BCUT2D eigenvalue weighted by Gasteiger charge is -2.32. The van der Waals surface area contributed by atoms with E-state index in [-0.39, 0.29) is 10.8 Å². The van der Waals surface area contributed by atoms with Gasteiger partial charge in [-0.25, -0.2) is 8.42 Å². The van der Waals surface area contributed by atoms with Crippen LogP contribution in [0.25, 0.3) is 0 Å². The highest BCUT2D eigenvalue weighted by Crippen LogP contribution is 2.22.